The number of Topliss-reactive ketones (excluding diaryl/α,β-unsaturated/α-hetero) is 1. The second kappa shape index (κ2) is 10.7. The van der Waals surface area contributed by atoms with Crippen LogP contribution >= 0.6 is 0 Å². The Morgan fingerprint density at radius 2 is 1.66 bits per heavy atom. The van der Waals surface area contributed by atoms with Crippen LogP contribution < -0.4 is 5.73 Å². The lowest BCUT2D eigenvalue weighted by atomic mass is 9.96. The molecule has 0 spiro atoms. The highest BCUT2D eigenvalue weighted by atomic mass is 19.3. The van der Waals surface area contributed by atoms with E-state index >= 15 is 0 Å². The van der Waals surface area contributed by atoms with Gasteiger partial charge in [0.1, 0.15) is 28.8 Å². The monoisotopic (exact) mass is 595 g/mol. The van der Waals surface area contributed by atoms with Crippen LogP contribution in [0.15, 0.2) is 89.5 Å². The van der Waals surface area contributed by atoms with Crippen LogP contribution in [0.25, 0.3) is 33.2 Å². The molecule has 222 valence electrons. The van der Waals surface area contributed by atoms with Crippen LogP contribution in [0.1, 0.15) is 40.4 Å². The topological polar surface area (TPSA) is 89.4 Å². The van der Waals surface area contributed by atoms with Crippen molar-refractivity contribution in [1.29, 1.82) is 0 Å². The number of pyridine rings is 1. The van der Waals surface area contributed by atoms with E-state index in [4.69, 9.17) is 10.2 Å². The maximum absolute atomic E-state index is 13.8. The number of halogens is 3. The maximum Gasteiger partial charge on any atom is 0.282 e. The van der Waals surface area contributed by atoms with Crippen LogP contribution in [0.4, 0.5) is 19.0 Å². The van der Waals surface area contributed by atoms with E-state index in [0.717, 1.165) is 44.5 Å². The van der Waals surface area contributed by atoms with Crippen molar-refractivity contribution < 1.29 is 27.2 Å². The highest BCUT2D eigenvalue weighted by molar-refractivity contribution is 5.98. The molecule has 1 amide bonds. The Balaban J connectivity index is 1.13. The molecule has 2 N–H and O–H groups in total. The van der Waals surface area contributed by atoms with Gasteiger partial charge in [0.15, 0.2) is 0 Å². The summed E-state index contributed by atoms with van der Waals surface area (Å²) in [5.41, 5.74) is 10.9. The third kappa shape index (κ3) is 5.45. The minimum Gasteiger partial charge on any atom is -0.460 e. The van der Waals surface area contributed by atoms with Gasteiger partial charge in [-0.25, -0.2) is 18.2 Å². The molecule has 44 heavy (non-hydrogen) atoms. The van der Waals surface area contributed by atoms with E-state index in [-0.39, 0.29) is 23.4 Å². The number of hydrogen-bond acceptors (Lipinski definition) is 5. The van der Waals surface area contributed by atoms with Gasteiger partial charge >= 0.3 is 0 Å². The number of nitrogens with zero attached hydrogens (tertiary/aromatic N) is 2. The Labute approximate surface area is 251 Å². The first-order valence-corrected chi connectivity index (χ1v) is 14.5. The number of carbonyl (C=O) groups excluding carboxylic acids is 2. The lowest BCUT2D eigenvalue weighted by Gasteiger charge is -2.38. The molecule has 2 aromatic heterocycles. The predicted octanol–water partition coefficient (Wildman–Crippen LogP) is 7.28. The molecule has 1 aliphatic carbocycles. The van der Waals surface area contributed by atoms with Crippen LogP contribution in [0, 0.1) is 11.7 Å². The van der Waals surface area contributed by atoms with Gasteiger partial charge in [-0.3, -0.25) is 9.59 Å². The van der Waals surface area contributed by atoms with Crippen molar-refractivity contribution >= 4 is 28.5 Å². The lowest BCUT2D eigenvalue weighted by molar-refractivity contribution is -0.120. The third-order valence-electron chi connectivity index (χ3n) is 8.48. The van der Waals surface area contributed by atoms with Crippen molar-refractivity contribution in [2.75, 3.05) is 18.8 Å². The molecule has 2 unspecified atom stereocenters. The first-order chi connectivity index (χ1) is 21.1. The third-order valence-corrected chi connectivity index (χ3v) is 8.48. The van der Waals surface area contributed by atoms with Crippen LogP contribution in [0.3, 0.4) is 0 Å². The van der Waals surface area contributed by atoms with Gasteiger partial charge in [-0.05, 0) is 83.1 Å². The van der Waals surface area contributed by atoms with Crippen molar-refractivity contribution in [3.8, 4) is 22.3 Å². The van der Waals surface area contributed by atoms with Gasteiger partial charge in [0.05, 0.1) is 13.1 Å². The molecule has 7 rings (SSSR count). The van der Waals surface area contributed by atoms with Gasteiger partial charge in [-0.2, -0.15) is 0 Å². The quantitative estimate of drug-likeness (QED) is 0.204. The van der Waals surface area contributed by atoms with Crippen LogP contribution in [0.2, 0.25) is 0 Å². The van der Waals surface area contributed by atoms with Crippen LogP contribution in [-0.2, 0) is 11.2 Å². The summed E-state index contributed by atoms with van der Waals surface area (Å²) in [6.45, 7) is -1.14. The molecule has 6 nitrogen and oxygen atoms in total. The molecule has 0 bridgehead atoms. The highest BCUT2D eigenvalue weighted by Gasteiger charge is 2.46. The summed E-state index contributed by atoms with van der Waals surface area (Å²) < 4.78 is 46.5. The maximum atomic E-state index is 13.8. The zero-order chi connectivity index (χ0) is 30.6. The van der Waals surface area contributed by atoms with E-state index in [1.165, 1.54) is 12.1 Å². The zero-order valence-electron chi connectivity index (χ0n) is 23.6. The molecule has 2 aliphatic rings. The van der Waals surface area contributed by atoms with Gasteiger partial charge < -0.3 is 15.1 Å². The Morgan fingerprint density at radius 3 is 2.34 bits per heavy atom. The molecular weight excluding hydrogens is 567 g/mol. The highest BCUT2D eigenvalue weighted by Crippen LogP contribution is 2.48. The normalized spacial score (nSPS) is 18.7. The number of fused-ring (bicyclic) bond motifs is 1. The minimum atomic E-state index is -2.83. The number of alkyl halides is 2. The summed E-state index contributed by atoms with van der Waals surface area (Å²) >= 11 is 0. The number of furan rings is 1. The molecule has 1 saturated carbocycles. The number of hydrogen-bond donors (Lipinski definition) is 1. The first kappa shape index (κ1) is 27.9. The van der Waals surface area contributed by atoms with Crippen molar-refractivity contribution in [3.05, 3.63) is 108 Å². The second-order valence-electron chi connectivity index (χ2n) is 11.7. The predicted molar refractivity (Wildman–Crippen MR) is 161 cm³/mol. The lowest BCUT2D eigenvalue weighted by Crippen LogP contribution is -2.58. The molecule has 3 heterocycles. The van der Waals surface area contributed by atoms with E-state index < -0.39 is 24.9 Å². The molecule has 9 heteroatoms. The van der Waals surface area contributed by atoms with Crippen molar-refractivity contribution in [2.24, 2.45) is 5.92 Å². The molecule has 2 fully saturated rings. The van der Waals surface area contributed by atoms with Crippen LogP contribution in [0.5, 0.6) is 0 Å². The summed E-state index contributed by atoms with van der Waals surface area (Å²) in [4.78, 5) is 30.8. The number of anilines is 1. The van der Waals surface area contributed by atoms with E-state index in [1.54, 1.807) is 48.7 Å². The number of aromatic nitrogens is 1. The standard InChI is InChI=1S/C35H28F3N3O3/c36-26-8-5-21(6-9-26)29-15-24(20-1-3-22(4-2-20)34(43)41-18-35(37,38)19-41)13-25-14-27(44-33(25)29)10-11-31(42)30-16-28(30)23-7-12-32(39)40-17-23/h1-9,12-15,17,28,30H,10-11,16,18-19H2,(H2,39,40). The first-order valence-electron chi connectivity index (χ1n) is 14.5. The summed E-state index contributed by atoms with van der Waals surface area (Å²) in [5, 5.41) is 0.824. The second-order valence-corrected chi connectivity index (χ2v) is 11.7. The number of aryl methyl sites for hydroxylation is 1. The number of benzene rings is 3. The number of nitrogen functional groups attached to an aromatic ring is 1. The van der Waals surface area contributed by atoms with Crippen molar-refractivity contribution in [3.63, 3.8) is 0 Å². The summed E-state index contributed by atoms with van der Waals surface area (Å²) in [6, 6.07) is 22.5. The van der Waals surface area contributed by atoms with Crippen LogP contribution in [-0.4, -0.2) is 40.6 Å². The molecule has 3 aromatic carbocycles. The van der Waals surface area contributed by atoms with Gasteiger partial charge in [0.25, 0.3) is 11.8 Å². The fourth-order valence-corrected chi connectivity index (χ4v) is 5.97. The smallest absolute Gasteiger partial charge is 0.282 e. The molecule has 1 saturated heterocycles. The van der Waals surface area contributed by atoms with Gasteiger partial charge in [0, 0.05) is 41.5 Å². The number of rotatable bonds is 8. The summed E-state index contributed by atoms with van der Waals surface area (Å²) in [5.74, 6) is -2.15. The van der Waals surface area contributed by atoms with Gasteiger partial charge in [-0.1, -0.05) is 30.3 Å². The Kier molecular flexibility index (Phi) is 6.76. The number of likely N-dealkylation sites (tertiary alicyclic amines) is 1. The largest absolute Gasteiger partial charge is 0.460 e. The minimum absolute atomic E-state index is 0.0291. The van der Waals surface area contributed by atoms with E-state index in [0.29, 0.717) is 35.6 Å². The van der Waals surface area contributed by atoms with Gasteiger partial charge in [-0.15, -0.1) is 0 Å². The number of amides is 1. The molecule has 1 aliphatic heterocycles. The number of carbonyl (C=O) groups is 2. The van der Waals surface area contributed by atoms with E-state index in [2.05, 4.69) is 4.98 Å². The summed E-state index contributed by atoms with van der Waals surface area (Å²) in [6.07, 6.45) is 3.33. The summed E-state index contributed by atoms with van der Waals surface area (Å²) in [7, 11) is 0. The molecule has 0 radical (unpaired) electrons. The fraction of sp³-hybridized carbons (Fsp3) is 0.229. The Bertz CT molecular complexity index is 1880. The molecule has 2 atom stereocenters. The SMILES string of the molecule is Nc1ccc(C2CC2C(=O)CCc2cc3cc(-c4ccc(C(=O)N5CC(F)(F)C5)cc4)cc(-c4ccc(F)cc4)c3o2)cn1. The number of nitrogens with two attached hydrogens (primary N) is 1. The Hall–Kier alpha value is -4.92. The van der Waals surface area contributed by atoms with Crippen molar-refractivity contribution in [1.82, 2.24) is 9.88 Å². The van der Waals surface area contributed by atoms with Gasteiger partial charge in [0.2, 0.25) is 0 Å². The average Bonchev–Trinajstić information content (AvgIpc) is 3.70. The molecular formula is C35H28F3N3O3. The average molecular weight is 596 g/mol. The molecule has 5 aromatic rings. The number of ketones is 1. The fourth-order valence-electron chi connectivity index (χ4n) is 5.97. The van der Waals surface area contributed by atoms with Crippen molar-refractivity contribution in [2.45, 2.75) is 31.1 Å². The van der Waals surface area contributed by atoms with E-state index in [1.807, 2.05) is 24.3 Å². The zero-order valence-corrected chi connectivity index (χ0v) is 23.6. The Morgan fingerprint density at radius 1 is 0.932 bits per heavy atom. The van der Waals surface area contributed by atoms with E-state index in [9.17, 15) is 22.8 Å².